The molecule has 2 aromatic rings. The molecule has 0 bridgehead atoms. The second-order valence-electron chi connectivity index (χ2n) is 9.23. The predicted octanol–water partition coefficient (Wildman–Crippen LogP) is 5.07. The number of likely N-dealkylation sites (tertiary alicyclic amines) is 1. The van der Waals surface area contributed by atoms with Crippen molar-refractivity contribution in [2.45, 2.75) is 57.5 Å². The Labute approximate surface area is 193 Å². The average Bonchev–Trinajstić information content (AvgIpc) is 2.83. The number of carbonyl (C=O) groups excluding carboxylic acids is 1. The number of alkyl halides is 3. The Kier molecular flexibility index (Phi) is 7.20. The van der Waals surface area contributed by atoms with E-state index in [4.69, 9.17) is 4.98 Å². The van der Waals surface area contributed by atoms with E-state index in [1.165, 1.54) is 12.1 Å². The molecule has 2 aliphatic heterocycles. The minimum absolute atomic E-state index is 0.116. The third-order valence-corrected chi connectivity index (χ3v) is 6.99. The summed E-state index contributed by atoms with van der Waals surface area (Å²) in [5.41, 5.74) is 0.824. The molecule has 1 amide bonds. The number of aromatic nitrogens is 2. The molecule has 0 aliphatic carbocycles. The summed E-state index contributed by atoms with van der Waals surface area (Å²) in [6.07, 6.45) is 4.23. The first-order valence-electron chi connectivity index (χ1n) is 11.8. The summed E-state index contributed by atoms with van der Waals surface area (Å²) in [5.74, 6) is 1.59. The van der Waals surface area contributed by atoms with Crippen LogP contribution >= 0.6 is 0 Å². The summed E-state index contributed by atoms with van der Waals surface area (Å²) in [4.78, 5) is 25.0. The summed E-state index contributed by atoms with van der Waals surface area (Å²) in [6, 6.07) is 5.89. The second-order valence-corrected chi connectivity index (χ2v) is 9.23. The summed E-state index contributed by atoms with van der Waals surface area (Å²) >= 11 is 0. The van der Waals surface area contributed by atoms with Crippen molar-refractivity contribution in [1.29, 1.82) is 0 Å². The van der Waals surface area contributed by atoms with E-state index in [0.29, 0.717) is 23.8 Å². The zero-order valence-corrected chi connectivity index (χ0v) is 19.0. The second kappa shape index (κ2) is 10.1. The van der Waals surface area contributed by atoms with E-state index >= 15 is 0 Å². The molecule has 0 radical (unpaired) electrons. The lowest BCUT2D eigenvalue weighted by molar-refractivity contribution is -0.138. The molecule has 1 atom stereocenters. The van der Waals surface area contributed by atoms with Crippen molar-refractivity contribution < 1.29 is 18.0 Å². The molecular formula is C25H31F3N4O. The van der Waals surface area contributed by atoms with Gasteiger partial charge < -0.3 is 9.80 Å². The van der Waals surface area contributed by atoms with E-state index in [1.54, 1.807) is 25.3 Å². The molecular weight excluding hydrogens is 429 g/mol. The molecule has 8 heteroatoms. The molecule has 2 fully saturated rings. The normalized spacial score (nSPS) is 20.2. The van der Waals surface area contributed by atoms with Crippen molar-refractivity contribution >= 4 is 11.7 Å². The van der Waals surface area contributed by atoms with Crippen molar-refractivity contribution in [2.24, 2.45) is 5.92 Å². The van der Waals surface area contributed by atoms with Crippen LogP contribution in [-0.4, -0.2) is 47.0 Å². The third-order valence-electron chi connectivity index (χ3n) is 6.99. The van der Waals surface area contributed by atoms with Gasteiger partial charge in [-0.3, -0.25) is 9.78 Å². The number of carbonyl (C=O) groups is 1. The maximum absolute atomic E-state index is 13.3. The predicted molar refractivity (Wildman–Crippen MR) is 121 cm³/mol. The molecule has 178 valence electrons. The van der Waals surface area contributed by atoms with Crippen LogP contribution in [0.2, 0.25) is 0 Å². The van der Waals surface area contributed by atoms with E-state index in [1.807, 2.05) is 11.1 Å². The van der Waals surface area contributed by atoms with Crippen LogP contribution in [0, 0.1) is 5.92 Å². The van der Waals surface area contributed by atoms with Gasteiger partial charge in [-0.05, 0) is 56.1 Å². The smallest absolute Gasteiger partial charge is 0.355 e. The first-order valence-corrected chi connectivity index (χ1v) is 11.8. The molecule has 4 rings (SSSR count). The van der Waals surface area contributed by atoms with Crippen LogP contribution in [0.25, 0.3) is 0 Å². The fraction of sp³-hybridized carbons (Fsp3) is 0.560. The molecule has 33 heavy (non-hydrogen) atoms. The Hall–Kier alpha value is -2.64. The number of anilines is 1. The van der Waals surface area contributed by atoms with Crippen molar-refractivity contribution in [2.75, 3.05) is 31.1 Å². The van der Waals surface area contributed by atoms with E-state index in [-0.39, 0.29) is 5.91 Å². The van der Waals surface area contributed by atoms with E-state index in [0.717, 1.165) is 69.8 Å². The number of nitrogens with zero attached hydrogens (tertiary/aromatic N) is 4. The molecule has 1 aromatic carbocycles. The highest BCUT2D eigenvalue weighted by atomic mass is 19.4. The number of rotatable bonds is 5. The lowest BCUT2D eigenvalue weighted by Crippen LogP contribution is -2.37. The highest BCUT2D eigenvalue weighted by molar-refractivity contribution is 5.73. The minimum atomic E-state index is -4.31. The number of piperidine rings is 2. The monoisotopic (exact) mass is 460 g/mol. The Morgan fingerprint density at radius 1 is 1.09 bits per heavy atom. The molecule has 2 saturated heterocycles. The van der Waals surface area contributed by atoms with Gasteiger partial charge in [-0.1, -0.05) is 18.2 Å². The standard InChI is InChI=1S/C25H31F3N4O/c1-18(33)31-13-10-21(11-14-31)23-15-29-16-24(30-23)32-12-4-5-19(17-32)8-9-20-6-2-3-7-22(20)25(26,27)28/h2-3,6-7,15-16,19,21H,4-5,8-14,17H2,1H3. The van der Waals surface area contributed by atoms with Gasteiger partial charge in [0.1, 0.15) is 5.82 Å². The molecule has 1 aromatic heterocycles. The zero-order valence-electron chi connectivity index (χ0n) is 19.0. The maximum atomic E-state index is 13.3. The molecule has 1 unspecified atom stereocenters. The van der Waals surface area contributed by atoms with Gasteiger partial charge in [0, 0.05) is 45.2 Å². The van der Waals surface area contributed by atoms with E-state index in [2.05, 4.69) is 9.88 Å². The number of halogens is 3. The highest BCUT2D eigenvalue weighted by Crippen LogP contribution is 2.34. The van der Waals surface area contributed by atoms with Gasteiger partial charge in [0.05, 0.1) is 17.5 Å². The first-order chi connectivity index (χ1) is 15.8. The van der Waals surface area contributed by atoms with Crippen LogP contribution in [0.15, 0.2) is 36.7 Å². The number of hydrogen-bond acceptors (Lipinski definition) is 4. The third kappa shape index (κ3) is 5.84. The Balaban J connectivity index is 1.37. The molecule has 0 spiro atoms. The number of benzene rings is 1. The topological polar surface area (TPSA) is 49.3 Å². The molecule has 0 N–H and O–H groups in total. The van der Waals surface area contributed by atoms with Crippen molar-refractivity contribution in [3.05, 3.63) is 53.5 Å². The minimum Gasteiger partial charge on any atom is -0.355 e. The fourth-order valence-corrected chi connectivity index (χ4v) is 5.09. The lowest BCUT2D eigenvalue weighted by Gasteiger charge is -2.34. The molecule has 0 saturated carbocycles. The van der Waals surface area contributed by atoms with Crippen LogP contribution in [0.5, 0.6) is 0 Å². The van der Waals surface area contributed by atoms with E-state index < -0.39 is 11.7 Å². The summed E-state index contributed by atoms with van der Waals surface area (Å²) < 4.78 is 39.9. The zero-order chi connectivity index (χ0) is 23.4. The van der Waals surface area contributed by atoms with Gasteiger partial charge in [0.2, 0.25) is 5.91 Å². The van der Waals surface area contributed by atoms with Crippen LogP contribution in [0.4, 0.5) is 19.0 Å². The molecule has 5 nitrogen and oxygen atoms in total. The van der Waals surface area contributed by atoms with Gasteiger partial charge in [-0.2, -0.15) is 13.2 Å². The Bertz CT molecular complexity index is 957. The SMILES string of the molecule is CC(=O)N1CCC(c2cncc(N3CCCC(CCc4ccccc4C(F)(F)F)C3)n2)CC1. The first kappa shape index (κ1) is 23.5. The Morgan fingerprint density at radius 2 is 1.85 bits per heavy atom. The summed E-state index contributed by atoms with van der Waals surface area (Å²) in [7, 11) is 0. The summed E-state index contributed by atoms with van der Waals surface area (Å²) in [6.45, 7) is 4.77. The maximum Gasteiger partial charge on any atom is 0.416 e. The lowest BCUT2D eigenvalue weighted by atomic mass is 9.90. The van der Waals surface area contributed by atoms with Gasteiger partial charge in [-0.15, -0.1) is 0 Å². The van der Waals surface area contributed by atoms with Crippen LogP contribution in [0.1, 0.15) is 61.8 Å². The van der Waals surface area contributed by atoms with Crippen LogP contribution in [-0.2, 0) is 17.4 Å². The van der Waals surface area contributed by atoms with Crippen molar-refractivity contribution in [3.8, 4) is 0 Å². The van der Waals surface area contributed by atoms with Crippen LogP contribution in [0.3, 0.4) is 0 Å². The highest BCUT2D eigenvalue weighted by Gasteiger charge is 2.33. The number of hydrogen-bond donors (Lipinski definition) is 0. The molecule has 2 aliphatic rings. The van der Waals surface area contributed by atoms with E-state index in [9.17, 15) is 18.0 Å². The van der Waals surface area contributed by atoms with Crippen molar-refractivity contribution in [3.63, 3.8) is 0 Å². The van der Waals surface area contributed by atoms with Crippen LogP contribution < -0.4 is 4.90 Å². The Morgan fingerprint density at radius 3 is 2.58 bits per heavy atom. The van der Waals surface area contributed by atoms with Gasteiger partial charge in [0.25, 0.3) is 0 Å². The van der Waals surface area contributed by atoms with Crippen molar-refractivity contribution in [1.82, 2.24) is 14.9 Å². The quantitative estimate of drug-likeness (QED) is 0.625. The average molecular weight is 461 g/mol. The molecule has 3 heterocycles. The van der Waals surface area contributed by atoms with Gasteiger partial charge in [0.15, 0.2) is 0 Å². The largest absolute Gasteiger partial charge is 0.416 e. The summed E-state index contributed by atoms with van der Waals surface area (Å²) in [5, 5.41) is 0. The fourth-order valence-electron chi connectivity index (χ4n) is 5.09. The number of amides is 1. The number of aryl methyl sites for hydroxylation is 1. The van der Waals surface area contributed by atoms with Gasteiger partial charge >= 0.3 is 6.18 Å². The van der Waals surface area contributed by atoms with Gasteiger partial charge in [-0.25, -0.2) is 4.98 Å².